The average molecular weight is 367 g/mol. The van der Waals surface area contributed by atoms with Crippen LogP contribution >= 0.6 is 22.9 Å². The monoisotopic (exact) mass is 366 g/mol. The van der Waals surface area contributed by atoms with Gasteiger partial charge < -0.3 is 15.8 Å². The van der Waals surface area contributed by atoms with Crippen LogP contribution in [-0.2, 0) is 4.74 Å². The highest BCUT2D eigenvalue weighted by molar-refractivity contribution is 7.18. The number of carbonyl (C=O) groups is 2. The van der Waals surface area contributed by atoms with E-state index in [0.29, 0.717) is 21.2 Å². The molecule has 0 spiro atoms. The first-order valence-electron chi connectivity index (χ1n) is 7.27. The van der Waals surface area contributed by atoms with Crippen LogP contribution in [0.4, 0.5) is 10.7 Å². The lowest BCUT2D eigenvalue weighted by Gasteiger charge is -2.19. The second-order valence-electron chi connectivity index (χ2n) is 6.26. The molecule has 0 aliphatic rings. The molecule has 7 heteroatoms. The Morgan fingerprint density at radius 3 is 2.33 bits per heavy atom. The Hall–Kier alpha value is -2.05. The number of nitrogens with two attached hydrogens (primary N) is 1. The first-order chi connectivity index (χ1) is 11.1. The first kappa shape index (κ1) is 18.3. The highest BCUT2D eigenvalue weighted by Crippen LogP contribution is 2.32. The summed E-state index contributed by atoms with van der Waals surface area (Å²) in [5.74, 6) is -0.861. The molecule has 2 aromatic rings. The number of halogens is 1. The number of nitrogens with one attached hydrogen (secondary N) is 1. The third kappa shape index (κ3) is 4.27. The molecule has 3 N–H and O–H groups in total. The van der Waals surface area contributed by atoms with E-state index >= 15 is 0 Å². The number of esters is 1. The molecule has 0 fully saturated rings. The summed E-state index contributed by atoms with van der Waals surface area (Å²) >= 11 is 6.89. The standard InChI is InChI=1S/C17H19ClN2O3S/c1-9-12(16(22)23-17(2,3)4)14(19)24-13(9)15(21)20-11-7-5-10(18)6-8-11/h5-8H,19H2,1-4H3,(H,20,21). The molecule has 0 saturated carbocycles. The Morgan fingerprint density at radius 1 is 1.21 bits per heavy atom. The van der Waals surface area contributed by atoms with Crippen molar-refractivity contribution in [2.45, 2.75) is 33.3 Å². The van der Waals surface area contributed by atoms with Crippen molar-refractivity contribution in [1.82, 2.24) is 0 Å². The molecule has 0 aliphatic heterocycles. The Morgan fingerprint density at radius 2 is 1.79 bits per heavy atom. The lowest BCUT2D eigenvalue weighted by Crippen LogP contribution is -2.24. The normalized spacial score (nSPS) is 11.2. The summed E-state index contributed by atoms with van der Waals surface area (Å²) < 4.78 is 5.35. The molecule has 0 radical (unpaired) electrons. The van der Waals surface area contributed by atoms with Crippen LogP contribution in [0.5, 0.6) is 0 Å². The summed E-state index contributed by atoms with van der Waals surface area (Å²) in [7, 11) is 0. The number of hydrogen-bond acceptors (Lipinski definition) is 5. The second-order valence-corrected chi connectivity index (χ2v) is 7.75. The average Bonchev–Trinajstić information content (AvgIpc) is 2.74. The van der Waals surface area contributed by atoms with E-state index in [-0.39, 0.29) is 16.5 Å². The lowest BCUT2D eigenvalue weighted by molar-refractivity contribution is 0.00706. The lowest BCUT2D eigenvalue weighted by atomic mass is 10.1. The number of benzene rings is 1. The molecular weight excluding hydrogens is 348 g/mol. The number of amides is 1. The van der Waals surface area contributed by atoms with E-state index in [1.807, 2.05) is 0 Å². The number of ether oxygens (including phenoxy) is 1. The number of carbonyl (C=O) groups excluding carboxylic acids is 2. The minimum atomic E-state index is -0.635. The summed E-state index contributed by atoms with van der Waals surface area (Å²) in [5.41, 5.74) is 6.66. The molecule has 1 aromatic carbocycles. The maximum atomic E-state index is 12.5. The molecular formula is C17H19ClN2O3S. The molecule has 0 bridgehead atoms. The first-order valence-corrected chi connectivity index (χ1v) is 8.47. The minimum absolute atomic E-state index is 0.246. The van der Waals surface area contributed by atoms with Gasteiger partial charge in [0.05, 0.1) is 10.4 Å². The maximum Gasteiger partial charge on any atom is 0.341 e. The van der Waals surface area contributed by atoms with E-state index in [4.69, 9.17) is 22.1 Å². The van der Waals surface area contributed by atoms with E-state index in [1.54, 1.807) is 52.0 Å². The van der Waals surface area contributed by atoms with Gasteiger partial charge in [0.25, 0.3) is 5.91 Å². The molecule has 24 heavy (non-hydrogen) atoms. The number of anilines is 2. The van der Waals surface area contributed by atoms with Crippen molar-refractivity contribution in [1.29, 1.82) is 0 Å². The van der Waals surface area contributed by atoms with E-state index < -0.39 is 11.6 Å². The quantitative estimate of drug-likeness (QED) is 0.783. The highest BCUT2D eigenvalue weighted by atomic mass is 35.5. The van der Waals surface area contributed by atoms with Gasteiger partial charge in [-0.1, -0.05) is 11.6 Å². The summed E-state index contributed by atoms with van der Waals surface area (Å²) in [6.07, 6.45) is 0. The van der Waals surface area contributed by atoms with Gasteiger partial charge in [0, 0.05) is 10.7 Å². The molecule has 0 unspecified atom stereocenters. The molecule has 1 heterocycles. The molecule has 5 nitrogen and oxygen atoms in total. The van der Waals surface area contributed by atoms with Crippen LogP contribution in [0.15, 0.2) is 24.3 Å². The molecule has 0 atom stereocenters. The van der Waals surface area contributed by atoms with Crippen molar-refractivity contribution in [3.8, 4) is 0 Å². The third-order valence-electron chi connectivity index (χ3n) is 3.09. The van der Waals surface area contributed by atoms with Gasteiger partial charge in [-0.25, -0.2) is 4.79 Å². The van der Waals surface area contributed by atoms with Crippen LogP contribution < -0.4 is 11.1 Å². The van der Waals surface area contributed by atoms with Crippen LogP contribution in [0.2, 0.25) is 5.02 Å². The summed E-state index contributed by atoms with van der Waals surface area (Å²) in [4.78, 5) is 25.1. The topological polar surface area (TPSA) is 81.4 Å². The van der Waals surface area contributed by atoms with Crippen molar-refractivity contribution >= 4 is 45.5 Å². The van der Waals surface area contributed by atoms with Gasteiger partial charge in [-0.2, -0.15) is 0 Å². The van der Waals surface area contributed by atoms with Crippen molar-refractivity contribution in [2.24, 2.45) is 0 Å². The predicted octanol–water partition coefficient (Wildman–Crippen LogP) is 4.50. The summed E-state index contributed by atoms with van der Waals surface area (Å²) in [5, 5.41) is 3.61. The zero-order chi connectivity index (χ0) is 18.1. The Balaban J connectivity index is 2.25. The highest BCUT2D eigenvalue weighted by Gasteiger charge is 2.27. The number of nitrogen functional groups attached to an aromatic ring is 1. The molecule has 1 amide bonds. The van der Waals surface area contributed by atoms with E-state index in [2.05, 4.69) is 5.32 Å². The van der Waals surface area contributed by atoms with Crippen LogP contribution in [-0.4, -0.2) is 17.5 Å². The van der Waals surface area contributed by atoms with E-state index in [9.17, 15) is 9.59 Å². The molecule has 2 rings (SSSR count). The SMILES string of the molecule is Cc1c(C(=O)Nc2ccc(Cl)cc2)sc(N)c1C(=O)OC(C)(C)C. The molecule has 1 aromatic heterocycles. The summed E-state index contributed by atoms with van der Waals surface area (Å²) in [6.45, 7) is 7.01. The van der Waals surface area contributed by atoms with Gasteiger partial charge in [0.2, 0.25) is 0 Å². The number of thiophene rings is 1. The maximum absolute atomic E-state index is 12.5. The minimum Gasteiger partial charge on any atom is -0.456 e. The van der Waals surface area contributed by atoms with Crippen molar-refractivity contribution in [3.05, 3.63) is 45.3 Å². The van der Waals surface area contributed by atoms with Gasteiger partial charge in [-0.15, -0.1) is 11.3 Å². The number of hydrogen-bond donors (Lipinski definition) is 2. The Kier molecular flexibility index (Phi) is 5.20. The van der Waals surface area contributed by atoms with Gasteiger partial charge in [0.15, 0.2) is 0 Å². The van der Waals surface area contributed by atoms with E-state index in [1.165, 1.54) is 0 Å². The van der Waals surface area contributed by atoms with Crippen LogP contribution in [0.1, 0.15) is 46.4 Å². The molecule has 0 saturated heterocycles. The van der Waals surface area contributed by atoms with Gasteiger partial charge >= 0.3 is 5.97 Å². The fourth-order valence-electron chi connectivity index (χ4n) is 2.06. The fraction of sp³-hybridized carbons (Fsp3) is 0.294. The summed E-state index contributed by atoms with van der Waals surface area (Å²) in [6, 6.07) is 6.75. The molecule has 128 valence electrons. The fourth-order valence-corrected chi connectivity index (χ4v) is 3.14. The second kappa shape index (κ2) is 6.83. The zero-order valence-corrected chi connectivity index (χ0v) is 15.5. The predicted molar refractivity (Wildman–Crippen MR) is 98.0 cm³/mol. The van der Waals surface area contributed by atoms with Crippen molar-refractivity contribution in [2.75, 3.05) is 11.1 Å². The molecule has 0 aliphatic carbocycles. The smallest absolute Gasteiger partial charge is 0.341 e. The Bertz CT molecular complexity index is 776. The third-order valence-corrected chi connectivity index (χ3v) is 4.46. The van der Waals surface area contributed by atoms with Crippen molar-refractivity contribution < 1.29 is 14.3 Å². The van der Waals surface area contributed by atoms with E-state index in [0.717, 1.165) is 11.3 Å². The van der Waals surface area contributed by atoms with Gasteiger partial charge in [-0.05, 0) is 57.5 Å². The van der Waals surface area contributed by atoms with Crippen molar-refractivity contribution in [3.63, 3.8) is 0 Å². The van der Waals surface area contributed by atoms with Crippen LogP contribution in [0.3, 0.4) is 0 Å². The van der Waals surface area contributed by atoms with Gasteiger partial charge in [-0.3, -0.25) is 4.79 Å². The number of rotatable bonds is 3. The zero-order valence-electron chi connectivity index (χ0n) is 13.9. The largest absolute Gasteiger partial charge is 0.456 e. The Labute approximate surface area is 149 Å². The van der Waals surface area contributed by atoms with Crippen LogP contribution in [0.25, 0.3) is 0 Å². The van der Waals surface area contributed by atoms with Gasteiger partial charge in [0.1, 0.15) is 10.6 Å². The van der Waals surface area contributed by atoms with Crippen LogP contribution in [0, 0.1) is 6.92 Å².